The van der Waals surface area contributed by atoms with Crippen molar-refractivity contribution in [3.63, 3.8) is 0 Å². The Balaban J connectivity index is 2.89. The minimum Gasteiger partial charge on any atom is -0.491 e. The van der Waals surface area contributed by atoms with Gasteiger partial charge in [0.15, 0.2) is 6.29 Å². The summed E-state index contributed by atoms with van der Waals surface area (Å²) in [7, 11) is 0. The van der Waals surface area contributed by atoms with Crippen LogP contribution in [-0.4, -0.2) is 12.4 Å². The molecule has 0 aliphatic heterocycles. The smallest absolute Gasteiger partial charge is 0.151 e. The molecule has 1 rings (SSSR count). The van der Waals surface area contributed by atoms with Crippen molar-refractivity contribution in [2.75, 3.05) is 0 Å². The molecule has 0 bridgehead atoms. The number of hydrogen-bond donors (Lipinski definition) is 0. The largest absolute Gasteiger partial charge is 0.491 e. The Morgan fingerprint density at radius 1 is 1.46 bits per heavy atom. The van der Waals surface area contributed by atoms with E-state index in [0.717, 1.165) is 16.5 Å². The lowest BCUT2D eigenvalue weighted by Gasteiger charge is -2.09. The van der Waals surface area contributed by atoms with E-state index < -0.39 is 0 Å². The summed E-state index contributed by atoms with van der Waals surface area (Å²) in [5, 5.41) is 0. The molecular formula is C10H11BrO2. The van der Waals surface area contributed by atoms with Crippen molar-refractivity contribution < 1.29 is 9.53 Å². The Morgan fingerprint density at radius 3 is 2.62 bits per heavy atom. The van der Waals surface area contributed by atoms with E-state index in [1.165, 1.54) is 0 Å². The number of benzene rings is 1. The summed E-state index contributed by atoms with van der Waals surface area (Å²) < 4.78 is 6.21. The first-order chi connectivity index (χ1) is 6.13. The first-order valence-corrected chi connectivity index (χ1v) is 4.84. The van der Waals surface area contributed by atoms with Gasteiger partial charge in [0, 0.05) is 10.0 Å². The first-order valence-electron chi connectivity index (χ1n) is 4.05. The van der Waals surface area contributed by atoms with E-state index in [9.17, 15) is 4.79 Å². The Bertz CT molecular complexity index is 308. The quantitative estimate of drug-likeness (QED) is 0.762. The van der Waals surface area contributed by atoms with Gasteiger partial charge in [0.1, 0.15) is 5.75 Å². The zero-order valence-electron chi connectivity index (χ0n) is 7.58. The van der Waals surface area contributed by atoms with Crippen molar-refractivity contribution in [1.29, 1.82) is 0 Å². The Labute approximate surface area is 86.0 Å². The highest BCUT2D eigenvalue weighted by molar-refractivity contribution is 9.10. The standard InChI is InChI=1S/C10H11BrO2/c1-7(2)13-9-4-3-8(6-12)10(11)5-9/h3-7H,1-2H3. The maximum atomic E-state index is 10.5. The fourth-order valence-electron chi connectivity index (χ4n) is 0.949. The Hall–Kier alpha value is -0.830. The van der Waals surface area contributed by atoms with E-state index >= 15 is 0 Å². The van der Waals surface area contributed by atoms with Crippen molar-refractivity contribution in [3.8, 4) is 5.75 Å². The summed E-state index contributed by atoms with van der Waals surface area (Å²) in [5.74, 6) is 0.771. The van der Waals surface area contributed by atoms with Crippen molar-refractivity contribution in [3.05, 3.63) is 28.2 Å². The lowest BCUT2D eigenvalue weighted by molar-refractivity contribution is 0.112. The van der Waals surface area contributed by atoms with Gasteiger partial charge >= 0.3 is 0 Å². The monoisotopic (exact) mass is 242 g/mol. The van der Waals surface area contributed by atoms with Crippen LogP contribution in [0, 0.1) is 0 Å². The van der Waals surface area contributed by atoms with Crippen LogP contribution in [0.5, 0.6) is 5.75 Å². The zero-order chi connectivity index (χ0) is 9.84. The fourth-order valence-corrected chi connectivity index (χ4v) is 1.40. The molecule has 0 atom stereocenters. The Morgan fingerprint density at radius 2 is 2.15 bits per heavy atom. The second-order valence-corrected chi connectivity index (χ2v) is 3.82. The second-order valence-electron chi connectivity index (χ2n) is 2.97. The van der Waals surface area contributed by atoms with E-state index in [2.05, 4.69) is 15.9 Å². The first kappa shape index (κ1) is 10.3. The SMILES string of the molecule is CC(C)Oc1ccc(C=O)c(Br)c1. The van der Waals surface area contributed by atoms with Gasteiger partial charge in [-0.15, -0.1) is 0 Å². The zero-order valence-corrected chi connectivity index (χ0v) is 9.17. The van der Waals surface area contributed by atoms with Gasteiger partial charge in [-0.2, -0.15) is 0 Å². The highest BCUT2D eigenvalue weighted by Crippen LogP contribution is 2.22. The summed E-state index contributed by atoms with van der Waals surface area (Å²) in [6, 6.07) is 5.31. The number of hydrogen-bond acceptors (Lipinski definition) is 2. The second kappa shape index (κ2) is 4.42. The summed E-state index contributed by atoms with van der Waals surface area (Å²) >= 11 is 3.29. The lowest BCUT2D eigenvalue weighted by Crippen LogP contribution is -2.05. The normalized spacial score (nSPS) is 10.2. The molecule has 1 aromatic carbocycles. The number of halogens is 1. The molecule has 0 unspecified atom stereocenters. The van der Waals surface area contributed by atoms with E-state index in [1.54, 1.807) is 18.2 Å². The topological polar surface area (TPSA) is 26.3 Å². The highest BCUT2D eigenvalue weighted by atomic mass is 79.9. The van der Waals surface area contributed by atoms with E-state index in [1.807, 2.05) is 13.8 Å². The van der Waals surface area contributed by atoms with E-state index in [4.69, 9.17) is 4.74 Å². The van der Waals surface area contributed by atoms with Crippen molar-refractivity contribution in [2.24, 2.45) is 0 Å². The van der Waals surface area contributed by atoms with Crippen LogP contribution in [0.2, 0.25) is 0 Å². The van der Waals surface area contributed by atoms with Crippen LogP contribution >= 0.6 is 15.9 Å². The summed E-state index contributed by atoms with van der Waals surface area (Å²) in [6.07, 6.45) is 0.956. The molecule has 0 radical (unpaired) electrons. The molecule has 0 heterocycles. The van der Waals surface area contributed by atoms with Crippen LogP contribution in [-0.2, 0) is 0 Å². The molecule has 1 aromatic rings. The molecule has 0 fully saturated rings. The van der Waals surface area contributed by atoms with Gasteiger partial charge in [-0.3, -0.25) is 4.79 Å². The molecule has 0 aromatic heterocycles. The predicted molar refractivity (Wildman–Crippen MR) is 55.3 cm³/mol. The molecule has 0 amide bonds. The van der Waals surface area contributed by atoms with E-state index in [-0.39, 0.29) is 6.10 Å². The molecule has 0 saturated heterocycles. The maximum Gasteiger partial charge on any atom is 0.151 e. The van der Waals surface area contributed by atoms with Crippen LogP contribution < -0.4 is 4.74 Å². The molecule has 70 valence electrons. The van der Waals surface area contributed by atoms with Crippen LogP contribution in [0.3, 0.4) is 0 Å². The van der Waals surface area contributed by atoms with Gasteiger partial charge in [-0.25, -0.2) is 0 Å². The minimum atomic E-state index is 0.147. The molecule has 3 heteroatoms. The third-order valence-electron chi connectivity index (χ3n) is 1.47. The van der Waals surface area contributed by atoms with Crippen molar-refractivity contribution in [2.45, 2.75) is 20.0 Å². The molecule has 0 N–H and O–H groups in total. The van der Waals surface area contributed by atoms with Crippen molar-refractivity contribution >= 4 is 22.2 Å². The summed E-state index contributed by atoms with van der Waals surface area (Å²) in [6.45, 7) is 3.92. The molecule has 0 aliphatic rings. The van der Waals surface area contributed by atoms with Crippen molar-refractivity contribution in [1.82, 2.24) is 0 Å². The minimum absolute atomic E-state index is 0.147. The van der Waals surface area contributed by atoms with Gasteiger partial charge in [-0.05, 0) is 48.0 Å². The molecule has 0 spiro atoms. The van der Waals surface area contributed by atoms with Gasteiger partial charge in [0.2, 0.25) is 0 Å². The summed E-state index contributed by atoms with van der Waals surface area (Å²) in [4.78, 5) is 10.5. The molecular weight excluding hydrogens is 232 g/mol. The van der Waals surface area contributed by atoms with Crippen LogP contribution in [0.25, 0.3) is 0 Å². The van der Waals surface area contributed by atoms with Gasteiger partial charge in [0.05, 0.1) is 6.10 Å². The number of rotatable bonds is 3. The number of ether oxygens (including phenoxy) is 1. The average molecular weight is 243 g/mol. The highest BCUT2D eigenvalue weighted by Gasteiger charge is 2.02. The van der Waals surface area contributed by atoms with Gasteiger partial charge in [0.25, 0.3) is 0 Å². The number of carbonyl (C=O) groups excluding carboxylic acids is 1. The predicted octanol–water partition coefficient (Wildman–Crippen LogP) is 3.05. The maximum absolute atomic E-state index is 10.5. The third kappa shape index (κ3) is 2.84. The van der Waals surface area contributed by atoms with Crippen LogP contribution in [0.4, 0.5) is 0 Å². The molecule has 0 saturated carbocycles. The lowest BCUT2D eigenvalue weighted by atomic mass is 10.2. The third-order valence-corrected chi connectivity index (χ3v) is 2.16. The molecule has 13 heavy (non-hydrogen) atoms. The number of carbonyl (C=O) groups is 1. The average Bonchev–Trinajstić information content (AvgIpc) is 2.03. The van der Waals surface area contributed by atoms with Crippen LogP contribution in [0.15, 0.2) is 22.7 Å². The Kier molecular flexibility index (Phi) is 3.48. The van der Waals surface area contributed by atoms with E-state index in [0.29, 0.717) is 5.56 Å². The van der Waals surface area contributed by atoms with Gasteiger partial charge < -0.3 is 4.74 Å². The summed E-state index contributed by atoms with van der Waals surface area (Å²) in [5.41, 5.74) is 0.635. The van der Waals surface area contributed by atoms with Gasteiger partial charge in [-0.1, -0.05) is 0 Å². The fraction of sp³-hybridized carbons (Fsp3) is 0.300. The number of aldehydes is 1. The van der Waals surface area contributed by atoms with Crippen LogP contribution in [0.1, 0.15) is 24.2 Å². The molecule has 2 nitrogen and oxygen atoms in total. The molecule has 0 aliphatic carbocycles.